The zero-order chi connectivity index (χ0) is 21.2. The van der Waals surface area contributed by atoms with Crippen LogP contribution in [0.25, 0.3) is 11.1 Å². The first-order chi connectivity index (χ1) is 13.6. The van der Waals surface area contributed by atoms with E-state index in [4.69, 9.17) is 0 Å². The average Bonchev–Trinajstić information content (AvgIpc) is 2.67. The molecule has 0 spiro atoms. The zero-order valence-corrected chi connectivity index (χ0v) is 16.4. The van der Waals surface area contributed by atoms with Crippen LogP contribution in [-0.2, 0) is 12.4 Å². The molecular formula is C21H12F6LiOP. The van der Waals surface area contributed by atoms with Crippen LogP contribution in [0.4, 0.5) is 26.3 Å². The summed E-state index contributed by atoms with van der Waals surface area (Å²) in [4.78, 5) is 12.5. The van der Waals surface area contributed by atoms with Crippen molar-refractivity contribution in [3.8, 4) is 11.1 Å². The number of carbonyl (C=O) groups is 1. The van der Waals surface area contributed by atoms with Gasteiger partial charge in [0.15, 0.2) is 0 Å². The second kappa shape index (κ2) is 9.39. The van der Waals surface area contributed by atoms with E-state index in [1.165, 1.54) is 12.1 Å². The number of halogens is 6. The predicted molar refractivity (Wildman–Crippen MR) is 99.2 cm³/mol. The Kier molecular flexibility index (Phi) is 7.58. The Morgan fingerprint density at radius 1 is 0.633 bits per heavy atom. The first kappa shape index (κ1) is 24.2. The molecule has 0 saturated carbocycles. The molecule has 3 aromatic carbocycles. The van der Waals surface area contributed by atoms with E-state index < -0.39 is 34.6 Å². The van der Waals surface area contributed by atoms with E-state index in [-0.39, 0.29) is 27.4 Å². The van der Waals surface area contributed by atoms with Crippen molar-refractivity contribution in [1.82, 2.24) is 0 Å². The van der Waals surface area contributed by atoms with E-state index in [9.17, 15) is 31.1 Å². The van der Waals surface area contributed by atoms with Crippen molar-refractivity contribution < 1.29 is 50.0 Å². The van der Waals surface area contributed by atoms with Crippen LogP contribution in [0.5, 0.6) is 0 Å². The largest absolute Gasteiger partial charge is 1.00 e. The van der Waals surface area contributed by atoms with Gasteiger partial charge >= 0.3 is 31.2 Å². The van der Waals surface area contributed by atoms with Crippen LogP contribution in [0.2, 0.25) is 0 Å². The van der Waals surface area contributed by atoms with Gasteiger partial charge in [-0.05, 0) is 23.3 Å². The minimum absolute atomic E-state index is 0. The van der Waals surface area contributed by atoms with Gasteiger partial charge in [-0.3, -0.25) is 0 Å². The van der Waals surface area contributed by atoms with Gasteiger partial charge in [0.1, 0.15) is 0 Å². The van der Waals surface area contributed by atoms with Crippen molar-refractivity contribution in [2.75, 3.05) is 0 Å². The van der Waals surface area contributed by atoms with Gasteiger partial charge in [0.25, 0.3) is 0 Å². The summed E-state index contributed by atoms with van der Waals surface area (Å²) in [6.45, 7) is 0. The molecule has 30 heavy (non-hydrogen) atoms. The summed E-state index contributed by atoms with van der Waals surface area (Å²) in [5.41, 5.74) is -4.11. The maximum atomic E-state index is 13.2. The summed E-state index contributed by atoms with van der Waals surface area (Å²) in [6.07, 6.45) is -10.2. The predicted octanol–water partition coefficient (Wildman–Crippen LogP) is 3.81. The van der Waals surface area contributed by atoms with E-state index in [2.05, 4.69) is 0 Å². The van der Waals surface area contributed by atoms with Crippen molar-refractivity contribution in [1.29, 1.82) is 0 Å². The van der Waals surface area contributed by atoms with Gasteiger partial charge in [-0.25, -0.2) is 0 Å². The average molecular weight is 432 g/mol. The zero-order valence-electron chi connectivity index (χ0n) is 15.6. The van der Waals surface area contributed by atoms with Gasteiger partial charge < -0.3 is 13.4 Å². The van der Waals surface area contributed by atoms with Crippen LogP contribution in [-0.4, -0.2) is 5.52 Å². The van der Waals surface area contributed by atoms with E-state index in [1.807, 2.05) is 30.3 Å². The van der Waals surface area contributed by atoms with Gasteiger partial charge in [0.2, 0.25) is 0 Å². The summed E-state index contributed by atoms with van der Waals surface area (Å²) < 4.78 is 79.4. The summed E-state index contributed by atoms with van der Waals surface area (Å²) in [7, 11) is -0.278. The summed E-state index contributed by atoms with van der Waals surface area (Å²) in [5.74, 6) is 0. The smallest absolute Gasteiger partial charge is 0.426 e. The molecule has 0 heterocycles. The fourth-order valence-corrected chi connectivity index (χ4v) is 3.67. The molecule has 0 bridgehead atoms. The van der Waals surface area contributed by atoms with Crippen LogP contribution in [0, 0.1) is 0 Å². The fraction of sp³-hybridized carbons (Fsp3) is 0.0952. The molecule has 0 aliphatic rings. The molecule has 3 aromatic rings. The van der Waals surface area contributed by atoms with E-state index >= 15 is 0 Å². The minimum Gasteiger partial charge on any atom is -0.426 e. The monoisotopic (exact) mass is 432 g/mol. The molecule has 1 nitrogen and oxygen atoms in total. The molecule has 0 aromatic heterocycles. The summed E-state index contributed by atoms with van der Waals surface area (Å²) in [6, 6.07) is 17.1. The molecule has 0 fully saturated rings. The molecule has 3 rings (SSSR count). The number of alkyl halides is 6. The Hall–Kier alpha value is -2.06. The Morgan fingerprint density at radius 2 is 1.10 bits per heavy atom. The third-order valence-corrected chi connectivity index (χ3v) is 5.08. The van der Waals surface area contributed by atoms with Crippen molar-refractivity contribution in [2.45, 2.75) is 12.4 Å². The second-order valence-electron chi connectivity index (χ2n) is 6.05. The maximum Gasteiger partial charge on any atom is 1.00 e. The van der Waals surface area contributed by atoms with Gasteiger partial charge in [-0.2, -0.15) is 31.6 Å². The Balaban J connectivity index is 0.00000320. The second-order valence-corrected chi connectivity index (χ2v) is 7.20. The van der Waals surface area contributed by atoms with Crippen LogP contribution >= 0.6 is 8.58 Å². The SMILES string of the molecule is O=C([P-]c1ccc(-c2ccccc2)cc1)c1c(C(F)(F)F)cccc1C(F)(F)F.[Li+]. The third-order valence-electron chi connectivity index (χ3n) is 4.09. The first-order valence-corrected chi connectivity index (χ1v) is 9.16. The topological polar surface area (TPSA) is 17.1 Å². The number of benzene rings is 3. The molecule has 0 aliphatic carbocycles. The van der Waals surface area contributed by atoms with E-state index in [0.717, 1.165) is 11.1 Å². The third kappa shape index (κ3) is 5.54. The van der Waals surface area contributed by atoms with Crippen LogP contribution in [0.1, 0.15) is 21.5 Å². The van der Waals surface area contributed by atoms with E-state index in [1.54, 1.807) is 12.1 Å². The quantitative estimate of drug-likeness (QED) is 0.348. The molecule has 9 heteroatoms. The Labute approximate surface area is 182 Å². The Morgan fingerprint density at radius 3 is 1.57 bits per heavy atom. The van der Waals surface area contributed by atoms with Crippen LogP contribution in [0.15, 0.2) is 72.8 Å². The molecule has 0 unspecified atom stereocenters. The van der Waals surface area contributed by atoms with Crippen molar-refractivity contribution in [3.05, 3.63) is 89.5 Å². The Bertz CT molecular complexity index is 982. The van der Waals surface area contributed by atoms with E-state index in [0.29, 0.717) is 23.5 Å². The first-order valence-electron chi connectivity index (χ1n) is 8.26. The fourth-order valence-electron chi connectivity index (χ4n) is 2.79. The van der Waals surface area contributed by atoms with Gasteiger partial charge in [0.05, 0.1) is 11.1 Å². The normalized spacial score (nSPS) is 12.1. The molecule has 0 atom stereocenters. The van der Waals surface area contributed by atoms with Gasteiger partial charge in [0, 0.05) is 11.1 Å². The van der Waals surface area contributed by atoms with Crippen LogP contribution < -0.4 is 24.2 Å². The number of hydrogen-bond donors (Lipinski definition) is 0. The molecule has 0 N–H and O–H groups in total. The van der Waals surface area contributed by atoms with Crippen molar-refractivity contribution in [3.63, 3.8) is 0 Å². The van der Waals surface area contributed by atoms with Gasteiger partial charge in [-0.1, -0.05) is 60.7 Å². The molecule has 0 aliphatic heterocycles. The van der Waals surface area contributed by atoms with Crippen molar-refractivity contribution in [2.24, 2.45) is 0 Å². The molecule has 150 valence electrons. The number of rotatable bonds is 4. The summed E-state index contributed by atoms with van der Waals surface area (Å²) >= 11 is 0. The number of carbonyl (C=O) groups excluding carboxylic acids is 1. The summed E-state index contributed by atoms with van der Waals surface area (Å²) in [5, 5.41) is 0.291. The minimum atomic E-state index is -5.08. The molecule has 0 saturated heterocycles. The molecule has 0 amide bonds. The molecule has 0 radical (unpaired) electrons. The molecular weight excluding hydrogens is 420 g/mol. The van der Waals surface area contributed by atoms with Crippen LogP contribution in [0.3, 0.4) is 0 Å². The maximum absolute atomic E-state index is 13.2. The standard InChI is InChI=1S/C21H12F6OP.Li/c22-20(23,24)16-7-4-8-17(21(25,26)27)18(16)19(28)29-15-11-9-14(10-12-15)13-5-2-1-3-6-13;/h1-12H;/q-1;+1. The van der Waals surface area contributed by atoms with Gasteiger partial charge in [-0.15, -0.1) is 0 Å². The van der Waals surface area contributed by atoms with Crippen molar-refractivity contribution >= 4 is 19.4 Å². The number of hydrogen-bond acceptors (Lipinski definition) is 1.